The van der Waals surface area contributed by atoms with Crippen LogP contribution in [0.4, 0.5) is 0 Å². The Morgan fingerprint density at radius 3 is 2.71 bits per heavy atom. The Balaban J connectivity index is 1.30. The summed E-state index contributed by atoms with van der Waals surface area (Å²) in [5.41, 5.74) is 2.50. The highest BCUT2D eigenvalue weighted by Gasteiger charge is 2.32. The maximum Gasteiger partial charge on any atom is 0.194 e. The number of ether oxygens (including phenoxy) is 2. The lowest BCUT2D eigenvalue weighted by Gasteiger charge is -2.37. The maximum absolute atomic E-state index is 5.95. The van der Waals surface area contributed by atoms with Gasteiger partial charge < -0.3 is 24.3 Å². The van der Waals surface area contributed by atoms with E-state index in [4.69, 9.17) is 9.47 Å². The second-order valence-corrected chi connectivity index (χ2v) is 7.36. The van der Waals surface area contributed by atoms with E-state index in [9.17, 15) is 0 Å². The van der Waals surface area contributed by atoms with Crippen molar-refractivity contribution in [2.24, 2.45) is 4.99 Å². The average molecular weight is 383 g/mol. The molecule has 2 atom stereocenters. The summed E-state index contributed by atoms with van der Waals surface area (Å²) in [7, 11) is 1.84. The molecule has 1 aromatic heterocycles. The minimum atomic E-state index is 0.136. The summed E-state index contributed by atoms with van der Waals surface area (Å²) in [5, 5.41) is 3.50. The van der Waals surface area contributed by atoms with Crippen molar-refractivity contribution in [3.63, 3.8) is 0 Å². The molecule has 4 rings (SSSR count). The highest BCUT2D eigenvalue weighted by Crippen LogP contribution is 2.21. The van der Waals surface area contributed by atoms with E-state index < -0.39 is 0 Å². The third-order valence-electron chi connectivity index (χ3n) is 5.38. The van der Waals surface area contributed by atoms with Crippen LogP contribution >= 0.6 is 0 Å². The number of morpholine rings is 1. The zero-order valence-electron chi connectivity index (χ0n) is 16.5. The number of nitrogens with zero attached hydrogens (tertiary/aromatic N) is 4. The van der Waals surface area contributed by atoms with Crippen molar-refractivity contribution in [2.75, 3.05) is 33.4 Å². The van der Waals surface area contributed by atoms with Gasteiger partial charge in [0.05, 0.1) is 19.0 Å². The van der Waals surface area contributed by atoms with Gasteiger partial charge in [-0.05, 0) is 24.0 Å². The second-order valence-electron chi connectivity index (χ2n) is 7.36. The first kappa shape index (κ1) is 19.0. The summed E-state index contributed by atoms with van der Waals surface area (Å²) < 4.78 is 13.8. The number of rotatable bonds is 5. The zero-order valence-corrected chi connectivity index (χ0v) is 16.5. The molecule has 0 spiro atoms. The molecule has 28 heavy (non-hydrogen) atoms. The van der Waals surface area contributed by atoms with Crippen LogP contribution in [0.5, 0.6) is 0 Å². The van der Waals surface area contributed by atoms with Gasteiger partial charge >= 0.3 is 0 Å². The molecule has 3 heterocycles. The Bertz CT molecular complexity index is 754. The monoisotopic (exact) mass is 383 g/mol. The lowest BCUT2D eigenvalue weighted by atomic mass is 10.1. The van der Waals surface area contributed by atoms with E-state index in [2.05, 4.69) is 49.0 Å². The fourth-order valence-corrected chi connectivity index (χ4v) is 3.86. The van der Waals surface area contributed by atoms with Gasteiger partial charge in [-0.3, -0.25) is 4.99 Å². The fourth-order valence-electron chi connectivity index (χ4n) is 3.86. The molecule has 2 saturated heterocycles. The molecule has 1 N–H and O–H groups in total. The van der Waals surface area contributed by atoms with Crippen LogP contribution in [0.25, 0.3) is 0 Å². The smallest absolute Gasteiger partial charge is 0.194 e. The minimum Gasteiger partial charge on any atom is -0.375 e. The SMILES string of the molecule is CN=C(NCc1ccc(Cn2ccnc2)cc1)N1CCOC(C2CCCO2)C1. The molecule has 0 aliphatic carbocycles. The van der Waals surface area contributed by atoms with Crippen LogP contribution in [0, 0.1) is 0 Å². The molecular formula is C21H29N5O2. The van der Waals surface area contributed by atoms with Crippen LogP contribution in [0.15, 0.2) is 48.0 Å². The zero-order chi connectivity index (χ0) is 19.2. The molecule has 2 unspecified atom stereocenters. The van der Waals surface area contributed by atoms with E-state index in [1.807, 2.05) is 19.6 Å². The normalized spacial score (nSPS) is 23.2. The van der Waals surface area contributed by atoms with Crippen LogP contribution in [0.3, 0.4) is 0 Å². The molecule has 0 amide bonds. The van der Waals surface area contributed by atoms with Crippen molar-refractivity contribution in [1.82, 2.24) is 19.8 Å². The van der Waals surface area contributed by atoms with Gasteiger partial charge in [-0.2, -0.15) is 0 Å². The van der Waals surface area contributed by atoms with Crippen molar-refractivity contribution in [3.8, 4) is 0 Å². The maximum atomic E-state index is 5.95. The second kappa shape index (κ2) is 9.21. The number of hydrogen-bond donors (Lipinski definition) is 1. The predicted octanol–water partition coefficient (Wildman–Crippen LogP) is 1.89. The van der Waals surface area contributed by atoms with Crippen molar-refractivity contribution in [3.05, 3.63) is 54.1 Å². The summed E-state index contributed by atoms with van der Waals surface area (Å²) in [6.07, 6.45) is 8.21. The van der Waals surface area contributed by atoms with Crippen LogP contribution in [-0.4, -0.2) is 66.0 Å². The van der Waals surface area contributed by atoms with Gasteiger partial charge in [0.25, 0.3) is 0 Å². The van der Waals surface area contributed by atoms with Gasteiger partial charge in [0.15, 0.2) is 5.96 Å². The summed E-state index contributed by atoms with van der Waals surface area (Å²) in [6.45, 7) is 4.84. The summed E-state index contributed by atoms with van der Waals surface area (Å²) >= 11 is 0. The average Bonchev–Trinajstić information content (AvgIpc) is 3.44. The third kappa shape index (κ3) is 4.72. The minimum absolute atomic E-state index is 0.136. The lowest BCUT2D eigenvalue weighted by molar-refractivity contribution is -0.0817. The van der Waals surface area contributed by atoms with Crippen LogP contribution in [0.1, 0.15) is 24.0 Å². The first-order chi connectivity index (χ1) is 13.8. The molecule has 7 nitrogen and oxygen atoms in total. The Kier molecular flexibility index (Phi) is 6.24. The molecule has 2 aromatic rings. The Labute approximate surface area is 166 Å². The quantitative estimate of drug-likeness (QED) is 0.631. The van der Waals surface area contributed by atoms with Crippen LogP contribution < -0.4 is 5.32 Å². The van der Waals surface area contributed by atoms with E-state index >= 15 is 0 Å². The topological polar surface area (TPSA) is 63.9 Å². The van der Waals surface area contributed by atoms with E-state index in [0.717, 1.165) is 51.6 Å². The lowest BCUT2D eigenvalue weighted by Crippen LogP contribution is -2.53. The number of aromatic nitrogens is 2. The number of imidazole rings is 1. The molecule has 0 saturated carbocycles. The summed E-state index contributed by atoms with van der Waals surface area (Å²) in [5.74, 6) is 0.925. The van der Waals surface area contributed by atoms with Crippen molar-refractivity contribution >= 4 is 5.96 Å². The Morgan fingerprint density at radius 1 is 1.18 bits per heavy atom. The Hall–Kier alpha value is -2.38. The van der Waals surface area contributed by atoms with E-state index in [0.29, 0.717) is 6.61 Å². The number of nitrogens with one attached hydrogen (secondary N) is 1. The molecule has 0 bridgehead atoms. The predicted molar refractivity (Wildman–Crippen MR) is 108 cm³/mol. The van der Waals surface area contributed by atoms with Crippen molar-refractivity contribution in [1.29, 1.82) is 0 Å². The first-order valence-corrected chi connectivity index (χ1v) is 10.0. The molecule has 1 aromatic carbocycles. The van der Waals surface area contributed by atoms with Gasteiger partial charge in [0, 0.05) is 52.2 Å². The first-order valence-electron chi connectivity index (χ1n) is 10.0. The number of hydrogen-bond acceptors (Lipinski definition) is 4. The van der Waals surface area contributed by atoms with Gasteiger partial charge in [-0.25, -0.2) is 4.98 Å². The fraction of sp³-hybridized carbons (Fsp3) is 0.524. The highest BCUT2D eigenvalue weighted by atomic mass is 16.5. The van der Waals surface area contributed by atoms with Gasteiger partial charge in [-0.1, -0.05) is 24.3 Å². The van der Waals surface area contributed by atoms with Crippen LogP contribution in [0.2, 0.25) is 0 Å². The molecular weight excluding hydrogens is 354 g/mol. The summed E-state index contributed by atoms with van der Waals surface area (Å²) in [6, 6.07) is 8.67. The molecule has 2 fully saturated rings. The van der Waals surface area contributed by atoms with E-state index in [1.165, 1.54) is 11.1 Å². The summed E-state index contributed by atoms with van der Waals surface area (Å²) in [4.78, 5) is 10.8. The molecule has 150 valence electrons. The van der Waals surface area contributed by atoms with Gasteiger partial charge in [0.2, 0.25) is 0 Å². The molecule has 2 aliphatic heterocycles. The van der Waals surface area contributed by atoms with Gasteiger partial charge in [-0.15, -0.1) is 0 Å². The highest BCUT2D eigenvalue weighted by molar-refractivity contribution is 5.80. The number of aliphatic imine (C=N–C) groups is 1. The molecule has 7 heteroatoms. The third-order valence-corrected chi connectivity index (χ3v) is 5.38. The number of guanidine groups is 1. The van der Waals surface area contributed by atoms with Crippen LogP contribution in [-0.2, 0) is 22.6 Å². The van der Waals surface area contributed by atoms with E-state index in [1.54, 1.807) is 6.20 Å². The standard InChI is InChI=1S/C21H29N5O2/c1-22-21(26-10-12-28-20(15-26)19-3-2-11-27-19)24-13-17-4-6-18(7-5-17)14-25-9-8-23-16-25/h4-9,16,19-20H,2-3,10-15H2,1H3,(H,22,24). The Morgan fingerprint density at radius 2 is 2.00 bits per heavy atom. The van der Waals surface area contributed by atoms with E-state index in [-0.39, 0.29) is 12.2 Å². The van der Waals surface area contributed by atoms with Crippen molar-refractivity contribution < 1.29 is 9.47 Å². The van der Waals surface area contributed by atoms with Crippen molar-refractivity contribution in [2.45, 2.75) is 38.1 Å². The number of benzene rings is 1. The van der Waals surface area contributed by atoms with Gasteiger partial charge in [0.1, 0.15) is 6.10 Å². The molecule has 2 aliphatic rings. The molecule has 0 radical (unpaired) electrons. The largest absolute Gasteiger partial charge is 0.375 e.